The van der Waals surface area contributed by atoms with Gasteiger partial charge in [-0.1, -0.05) is 12.1 Å². The van der Waals surface area contributed by atoms with Gasteiger partial charge in [0.05, 0.1) is 11.9 Å². The van der Waals surface area contributed by atoms with Gasteiger partial charge < -0.3 is 10.2 Å². The number of pyridine rings is 1. The maximum absolute atomic E-state index is 11.4. The first kappa shape index (κ1) is 16.0. The third kappa shape index (κ3) is 4.32. The third-order valence-corrected chi connectivity index (χ3v) is 5.13. The van der Waals surface area contributed by atoms with Crippen molar-refractivity contribution < 1.29 is 4.21 Å². The van der Waals surface area contributed by atoms with Crippen LogP contribution in [0.25, 0.3) is 0 Å². The molecule has 1 fully saturated rings. The van der Waals surface area contributed by atoms with Gasteiger partial charge in [-0.25, -0.2) is 4.98 Å². The van der Waals surface area contributed by atoms with E-state index in [0.717, 1.165) is 29.4 Å². The second kappa shape index (κ2) is 7.59. The van der Waals surface area contributed by atoms with Crippen molar-refractivity contribution >= 4 is 22.3 Å². The number of hydrogen-bond donors (Lipinski definition) is 1. The van der Waals surface area contributed by atoms with Gasteiger partial charge in [-0.15, -0.1) is 0 Å². The first-order chi connectivity index (χ1) is 11.2. The summed E-state index contributed by atoms with van der Waals surface area (Å²) in [5.74, 6) is 0.883. The lowest BCUT2D eigenvalue weighted by molar-refractivity contribution is 0.577. The summed E-state index contributed by atoms with van der Waals surface area (Å²) >= 11 is 0. The van der Waals surface area contributed by atoms with Crippen LogP contribution in [-0.2, 0) is 17.3 Å². The molecule has 1 N–H and O–H groups in total. The Morgan fingerprint density at radius 1 is 1.09 bits per heavy atom. The zero-order valence-corrected chi connectivity index (χ0v) is 14.3. The smallest absolute Gasteiger partial charge is 0.126 e. The van der Waals surface area contributed by atoms with Crippen LogP contribution >= 0.6 is 0 Å². The molecular formula is C18H23N3OS. The first-order valence-electron chi connectivity index (χ1n) is 8.09. The maximum Gasteiger partial charge on any atom is 0.126 e. The minimum absolute atomic E-state index is 0.715. The molecule has 4 nitrogen and oxygen atoms in total. The monoisotopic (exact) mass is 329 g/mol. The van der Waals surface area contributed by atoms with Crippen molar-refractivity contribution in [1.82, 2.24) is 4.98 Å². The van der Waals surface area contributed by atoms with Gasteiger partial charge in [0.2, 0.25) is 0 Å². The van der Waals surface area contributed by atoms with E-state index >= 15 is 0 Å². The molecule has 0 bridgehead atoms. The van der Waals surface area contributed by atoms with E-state index in [9.17, 15) is 4.21 Å². The molecule has 5 heteroatoms. The van der Waals surface area contributed by atoms with Gasteiger partial charge in [-0.3, -0.25) is 4.21 Å². The maximum atomic E-state index is 11.4. The Balaban J connectivity index is 1.56. The lowest BCUT2D eigenvalue weighted by Gasteiger charge is -2.28. The molecule has 1 aromatic heterocycles. The SMILES string of the molecule is CS(=O)c1ccc(CNc2ccc(N3CCCCC3)cn2)cc1. The predicted molar refractivity (Wildman–Crippen MR) is 96.4 cm³/mol. The number of aromatic nitrogens is 1. The van der Waals surface area contributed by atoms with Gasteiger partial charge in [0.25, 0.3) is 0 Å². The summed E-state index contributed by atoms with van der Waals surface area (Å²) in [6, 6.07) is 12.0. The summed E-state index contributed by atoms with van der Waals surface area (Å²) < 4.78 is 11.4. The zero-order chi connectivity index (χ0) is 16.1. The average Bonchev–Trinajstić information content (AvgIpc) is 2.61. The summed E-state index contributed by atoms with van der Waals surface area (Å²) in [6.07, 6.45) is 7.54. The second-order valence-electron chi connectivity index (χ2n) is 5.90. The van der Waals surface area contributed by atoms with Gasteiger partial charge in [-0.05, 0) is 49.1 Å². The molecule has 1 aliphatic rings. The fourth-order valence-corrected chi connectivity index (χ4v) is 3.34. The highest BCUT2D eigenvalue weighted by Gasteiger charge is 2.10. The highest BCUT2D eigenvalue weighted by atomic mass is 32.2. The number of hydrogen-bond acceptors (Lipinski definition) is 4. The normalized spacial score (nSPS) is 16.1. The predicted octanol–water partition coefficient (Wildman–Crippen LogP) is 3.42. The van der Waals surface area contributed by atoms with Crippen molar-refractivity contribution in [2.75, 3.05) is 29.6 Å². The van der Waals surface area contributed by atoms with Crippen LogP contribution in [0.4, 0.5) is 11.5 Å². The summed E-state index contributed by atoms with van der Waals surface area (Å²) in [6.45, 7) is 2.99. The van der Waals surface area contributed by atoms with Crippen molar-refractivity contribution in [1.29, 1.82) is 0 Å². The molecule has 1 aliphatic heterocycles. The van der Waals surface area contributed by atoms with Gasteiger partial charge in [0, 0.05) is 41.6 Å². The van der Waals surface area contributed by atoms with Crippen molar-refractivity contribution in [3.8, 4) is 0 Å². The van der Waals surface area contributed by atoms with E-state index in [1.54, 1.807) is 6.26 Å². The highest BCUT2D eigenvalue weighted by Crippen LogP contribution is 2.20. The van der Waals surface area contributed by atoms with E-state index < -0.39 is 10.8 Å². The van der Waals surface area contributed by atoms with Crippen LogP contribution in [0.15, 0.2) is 47.5 Å². The number of nitrogens with zero attached hydrogens (tertiary/aromatic N) is 2. The fraction of sp³-hybridized carbons (Fsp3) is 0.389. The molecule has 0 spiro atoms. The quantitative estimate of drug-likeness (QED) is 0.913. The molecule has 1 atom stereocenters. The summed E-state index contributed by atoms with van der Waals surface area (Å²) in [5, 5.41) is 3.33. The highest BCUT2D eigenvalue weighted by molar-refractivity contribution is 7.84. The van der Waals surface area contributed by atoms with Crippen LogP contribution in [0.5, 0.6) is 0 Å². The van der Waals surface area contributed by atoms with Gasteiger partial charge in [0.15, 0.2) is 0 Å². The van der Waals surface area contributed by atoms with Crippen LogP contribution < -0.4 is 10.2 Å². The topological polar surface area (TPSA) is 45.2 Å². The Labute approximate surface area is 140 Å². The number of nitrogens with one attached hydrogen (secondary N) is 1. The molecule has 0 radical (unpaired) electrons. The minimum atomic E-state index is -0.920. The van der Waals surface area contributed by atoms with Crippen molar-refractivity contribution in [2.45, 2.75) is 30.7 Å². The Kier molecular flexibility index (Phi) is 5.28. The van der Waals surface area contributed by atoms with Crippen molar-refractivity contribution in [3.63, 3.8) is 0 Å². The number of benzene rings is 1. The lowest BCUT2D eigenvalue weighted by atomic mass is 10.1. The minimum Gasteiger partial charge on any atom is -0.370 e. The van der Waals surface area contributed by atoms with E-state index in [2.05, 4.69) is 21.3 Å². The summed E-state index contributed by atoms with van der Waals surface area (Å²) in [7, 11) is -0.920. The van der Waals surface area contributed by atoms with Gasteiger partial charge in [0.1, 0.15) is 5.82 Å². The van der Waals surface area contributed by atoms with E-state index in [1.807, 2.05) is 36.5 Å². The Hall–Kier alpha value is -1.88. The van der Waals surface area contributed by atoms with Gasteiger partial charge in [-0.2, -0.15) is 0 Å². The molecule has 0 amide bonds. The third-order valence-electron chi connectivity index (χ3n) is 4.20. The van der Waals surface area contributed by atoms with Crippen LogP contribution in [0, 0.1) is 0 Å². The molecular weight excluding hydrogens is 306 g/mol. The van der Waals surface area contributed by atoms with E-state index in [-0.39, 0.29) is 0 Å². The second-order valence-corrected chi connectivity index (χ2v) is 7.28. The molecule has 1 unspecified atom stereocenters. The summed E-state index contributed by atoms with van der Waals surface area (Å²) in [4.78, 5) is 7.78. The lowest BCUT2D eigenvalue weighted by Crippen LogP contribution is -2.29. The van der Waals surface area contributed by atoms with Crippen LogP contribution in [0.1, 0.15) is 24.8 Å². The van der Waals surface area contributed by atoms with E-state index in [4.69, 9.17) is 0 Å². The van der Waals surface area contributed by atoms with E-state index in [0.29, 0.717) is 6.54 Å². The molecule has 0 saturated carbocycles. The molecule has 3 rings (SSSR count). The van der Waals surface area contributed by atoms with Crippen molar-refractivity contribution in [2.24, 2.45) is 0 Å². The number of piperidine rings is 1. The van der Waals surface area contributed by atoms with Crippen LogP contribution in [0.2, 0.25) is 0 Å². The molecule has 2 aromatic rings. The molecule has 1 saturated heterocycles. The molecule has 2 heterocycles. The fourth-order valence-electron chi connectivity index (χ4n) is 2.82. The summed E-state index contributed by atoms with van der Waals surface area (Å²) in [5.41, 5.74) is 2.37. The van der Waals surface area contributed by atoms with E-state index in [1.165, 1.54) is 24.9 Å². The molecule has 23 heavy (non-hydrogen) atoms. The van der Waals surface area contributed by atoms with Crippen LogP contribution in [0.3, 0.4) is 0 Å². The molecule has 0 aliphatic carbocycles. The number of rotatable bonds is 5. The number of anilines is 2. The Bertz CT molecular complexity index is 649. The van der Waals surface area contributed by atoms with Crippen LogP contribution in [-0.4, -0.2) is 28.5 Å². The first-order valence-corrected chi connectivity index (χ1v) is 9.65. The van der Waals surface area contributed by atoms with Crippen molar-refractivity contribution in [3.05, 3.63) is 48.2 Å². The largest absolute Gasteiger partial charge is 0.370 e. The molecule has 122 valence electrons. The molecule has 1 aromatic carbocycles. The van der Waals surface area contributed by atoms with Gasteiger partial charge >= 0.3 is 0 Å². The zero-order valence-electron chi connectivity index (χ0n) is 13.5. The standard InChI is InChI=1S/C18H23N3OS/c1-23(22)17-8-5-15(6-9-17)13-19-18-10-7-16(14-20-18)21-11-3-2-4-12-21/h5-10,14H,2-4,11-13H2,1H3,(H,19,20). The Morgan fingerprint density at radius 2 is 1.83 bits per heavy atom. The Morgan fingerprint density at radius 3 is 2.43 bits per heavy atom. The average molecular weight is 329 g/mol.